The Labute approximate surface area is 109 Å². The van der Waals surface area contributed by atoms with E-state index in [2.05, 4.69) is 19.2 Å². The number of nitrogens with one attached hydrogen (secondary N) is 1. The average molecular weight is 253 g/mol. The molecule has 2 rings (SSSR count). The first kappa shape index (κ1) is 12.6. The number of nitrogen functional groups attached to an aromatic ring is 1. The van der Waals surface area contributed by atoms with Gasteiger partial charge in [-0.05, 0) is 49.3 Å². The Morgan fingerprint density at radius 2 is 2.00 bits per heavy atom. The summed E-state index contributed by atoms with van der Waals surface area (Å²) in [6.45, 7) is 4.68. The monoisotopic (exact) mass is 252 g/mol. The van der Waals surface area contributed by atoms with Crippen molar-refractivity contribution in [3.8, 4) is 0 Å². The van der Waals surface area contributed by atoms with Crippen molar-refractivity contribution in [1.82, 2.24) is 0 Å². The maximum Gasteiger partial charge on any atom is 0.0591 e. The van der Waals surface area contributed by atoms with Gasteiger partial charge in [0.2, 0.25) is 0 Å². The van der Waals surface area contributed by atoms with Crippen LogP contribution in [-0.4, -0.2) is 6.04 Å². The molecule has 1 aromatic rings. The zero-order valence-electron chi connectivity index (χ0n) is 10.5. The zero-order chi connectivity index (χ0) is 12.4. The number of benzene rings is 1. The Morgan fingerprint density at radius 3 is 2.71 bits per heavy atom. The van der Waals surface area contributed by atoms with Crippen LogP contribution in [0.5, 0.6) is 0 Å². The smallest absolute Gasteiger partial charge is 0.0591 e. The third-order valence-corrected chi connectivity index (χ3v) is 4.21. The summed E-state index contributed by atoms with van der Waals surface area (Å²) in [5.41, 5.74) is 7.70. The van der Waals surface area contributed by atoms with Crippen molar-refractivity contribution in [3.63, 3.8) is 0 Å². The Balaban J connectivity index is 2.03. The van der Waals surface area contributed by atoms with Crippen molar-refractivity contribution in [2.75, 3.05) is 11.1 Å². The van der Waals surface area contributed by atoms with Crippen molar-refractivity contribution < 1.29 is 0 Å². The second-order valence-electron chi connectivity index (χ2n) is 5.34. The predicted molar refractivity (Wildman–Crippen MR) is 75.5 cm³/mol. The summed E-state index contributed by atoms with van der Waals surface area (Å²) in [5, 5.41) is 4.27. The van der Waals surface area contributed by atoms with Crippen LogP contribution < -0.4 is 11.1 Å². The van der Waals surface area contributed by atoms with Crippen LogP contribution in [0.2, 0.25) is 5.02 Å². The van der Waals surface area contributed by atoms with E-state index in [-0.39, 0.29) is 0 Å². The fourth-order valence-electron chi connectivity index (χ4n) is 2.55. The van der Waals surface area contributed by atoms with Gasteiger partial charge in [0, 0.05) is 11.1 Å². The summed E-state index contributed by atoms with van der Waals surface area (Å²) < 4.78 is 0. The molecule has 2 nitrogen and oxygen atoms in total. The Morgan fingerprint density at radius 1 is 1.24 bits per heavy atom. The van der Waals surface area contributed by atoms with Gasteiger partial charge in [-0.1, -0.05) is 25.4 Å². The van der Waals surface area contributed by atoms with Gasteiger partial charge >= 0.3 is 0 Å². The van der Waals surface area contributed by atoms with Crippen LogP contribution in [0.3, 0.4) is 0 Å². The number of anilines is 2. The summed E-state index contributed by atoms with van der Waals surface area (Å²) in [4.78, 5) is 0. The number of nitrogens with two attached hydrogens (primary N) is 1. The fraction of sp³-hybridized carbons (Fsp3) is 0.571. The molecular weight excluding hydrogens is 232 g/mol. The van der Waals surface area contributed by atoms with Gasteiger partial charge in [-0.15, -0.1) is 0 Å². The molecule has 0 saturated heterocycles. The molecule has 94 valence electrons. The molecule has 3 heteroatoms. The van der Waals surface area contributed by atoms with Gasteiger partial charge in [0.15, 0.2) is 0 Å². The maximum atomic E-state index is 5.99. The lowest BCUT2D eigenvalue weighted by Gasteiger charge is -2.33. The van der Waals surface area contributed by atoms with Gasteiger partial charge in [0.25, 0.3) is 0 Å². The van der Waals surface area contributed by atoms with Crippen LogP contribution in [0.15, 0.2) is 18.2 Å². The third-order valence-electron chi connectivity index (χ3n) is 3.97. The largest absolute Gasteiger partial charge is 0.397 e. The summed E-state index contributed by atoms with van der Waals surface area (Å²) in [5.74, 6) is 1.62. The minimum atomic E-state index is 0.530. The third kappa shape index (κ3) is 3.06. The highest BCUT2D eigenvalue weighted by molar-refractivity contribution is 6.31. The Hall–Kier alpha value is -0.890. The molecule has 0 amide bonds. The molecule has 3 unspecified atom stereocenters. The highest BCUT2D eigenvalue weighted by atomic mass is 35.5. The summed E-state index contributed by atoms with van der Waals surface area (Å²) in [7, 11) is 0. The summed E-state index contributed by atoms with van der Waals surface area (Å²) in [6.07, 6.45) is 3.73. The molecule has 3 N–H and O–H groups in total. The van der Waals surface area contributed by atoms with Crippen molar-refractivity contribution in [2.45, 2.75) is 39.2 Å². The first-order valence-electron chi connectivity index (χ1n) is 6.38. The fourth-order valence-corrected chi connectivity index (χ4v) is 2.72. The molecule has 0 radical (unpaired) electrons. The van der Waals surface area contributed by atoms with Crippen molar-refractivity contribution in [3.05, 3.63) is 23.2 Å². The quantitative estimate of drug-likeness (QED) is 0.776. The predicted octanol–water partition coefficient (Wildman–Crippen LogP) is 4.16. The molecule has 0 aromatic heterocycles. The standard InChI is InChI=1S/C14H21ClN2/c1-9-3-5-12(7-10(9)2)17-14-8-11(15)4-6-13(14)16/h4,6,8-10,12,17H,3,5,7,16H2,1-2H3. The second kappa shape index (κ2) is 5.18. The van der Waals surface area contributed by atoms with E-state index in [1.807, 2.05) is 18.2 Å². The molecule has 1 aliphatic rings. The number of halogens is 1. The zero-order valence-corrected chi connectivity index (χ0v) is 11.3. The van der Waals surface area contributed by atoms with Crippen LogP contribution in [0.25, 0.3) is 0 Å². The highest BCUT2D eigenvalue weighted by Gasteiger charge is 2.24. The molecule has 1 aliphatic carbocycles. The molecule has 3 atom stereocenters. The van der Waals surface area contributed by atoms with E-state index in [0.717, 1.165) is 28.2 Å². The molecule has 0 spiro atoms. The first-order valence-corrected chi connectivity index (χ1v) is 6.75. The first-order chi connectivity index (χ1) is 8.06. The van der Waals surface area contributed by atoms with E-state index in [1.165, 1.54) is 19.3 Å². The van der Waals surface area contributed by atoms with Crippen molar-refractivity contribution in [1.29, 1.82) is 0 Å². The van der Waals surface area contributed by atoms with Crippen LogP contribution in [0.4, 0.5) is 11.4 Å². The van der Waals surface area contributed by atoms with E-state index in [9.17, 15) is 0 Å². The number of hydrogen-bond acceptors (Lipinski definition) is 2. The van der Waals surface area contributed by atoms with E-state index in [0.29, 0.717) is 6.04 Å². The molecule has 1 aromatic carbocycles. The summed E-state index contributed by atoms with van der Waals surface area (Å²) >= 11 is 5.99. The average Bonchev–Trinajstić information content (AvgIpc) is 2.29. The molecule has 0 bridgehead atoms. The van der Waals surface area contributed by atoms with Crippen molar-refractivity contribution in [2.24, 2.45) is 11.8 Å². The molecule has 1 fully saturated rings. The molecule has 17 heavy (non-hydrogen) atoms. The van der Waals surface area contributed by atoms with E-state index >= 15 is 0 Å². The highest BCUT2D eigenvalue weighted by Crippen LogP contribution is 2.32. The van der Waals surface area contributed by atoms with Gasteiger partial charge in [0.05, 0.1) is 11.4 Å². The van der Waals surface area contributed by atoms with E-state index < -0.39 is 0 Å². The van der Waals surface area contributed by atoms with Crippen LogP contribution in [-0.2, 0) is 0 Å². The van der Waals surface area contributed by atoms with Gasteiger partial charge in [0.1, 0.15) is 0 Å². The van der Waals surface area contributed by atoms with Crippen molar-refractivity contribution >= 4 is 23.0 Å². The Bertz CT molecular complexity index is 392. The topological polar surface area (TPSA) is 38.0 Å². The molecular formula is C14H21ClN2. The normalized spacial score (nSPS) is 29.0. The number of rotatable bonds is 2. The lowest BCUT2D eigenvalue weighted by molar-refractivity contribution is 0.261. The SMILES string of the molecule is CC1CCC(Nc2cc(Cl)ccc2N)CC1C. The maximum absolute atomic E-state index is 5.99. The number of hydrogen-bond donors (Lipinski definition) is 2. The lowest BCUT2D eigenvalue weighted by atomic mass is 9.79. The molecule has 0 aliphatic heterocycles. The van der Waals surface area contributed by atoms with E-state index in [1.54, 1.807) is 0 Å². The summed E-state index contributed by atoms with van der Waals surface area (Å²) in [6, 6.07) is 6.13. The second-order valence-corrected chi connectivity index (χ2v) is 5.78. The van der Waals surface area contributed by atoms with E-state index in [4.69, 9.17) is 17.3 Å². The minimum absolute atomic E-state index is 0.530. The van der Waals surface area contributed by atoms with Crippen LogP contribution in [0.1, 0.15) is 33.1 Å². The van der Waals surface area contributed by atoms with Gasteiger partial charge < -0.3 is 11.1 Å². The van der Waals surface area contributed by atoms with Gasteiger partial charge in [-0.2, -0.15) is 0 Å². The van der Waals surface area contributed by atoms with Gasteiger partial charge in [-0.25, -0.2) is 0 Å². The van der Waals surface area contributed by atoms with Gasteiger partial charge in [-0.3, -0.25) is 0 Å². The molecule has 1 saturated carbocycles. The lowest BCUT2D eigenvalue weighted by Crippen LogP contribution is -2.30. The van der Waals surface area contributed by atoms with Crippen LogP contribution >= 0.6 is 11.6 Å². The molecule has 0 heterocycles. The minimum Gasteiger partial charge on any atom is -0.397 e. The Kier molecular flexibility index (Phi) is 3.82. The van der Waals surface area contributed by atoms with Crippen LogP contribution in [0, 0.1) is 11.8 Å².